The monoisotopic (exact) mass is 385 g/mol. The summed E-state index contributed by atoms with van der Waals surface area (Å²) in [6.07, 6.45) is 1.19. The summed E-state index contributed by atoms with van der Waals surface area (Å²) in [6.45, 7) is 4.80. The van der Waals surface area contributed by atoms with Crippen molar-refractivity contribution in [1.29, 1.82) is 0 Å². The molecule has 1 saturated heterocycles. The van der Waals surface area contributed by atoms with Gasteiger partial charge in [0.2, 0.25) is 5.91 Å². The second-order valence-corrected chi connectivity index (χ2v) is 8.00. The van der Waals surface area contributed by atoms with Gasteiger partial charge in [-0.05, 0) is 44.4 Å². The predicted octanol–water partition coefficient (Wildman–Crippen LogP) is 2.95. The fourth-order valence-corrected chi connectivity index (χ4v) is 4.40. The Morgan fingerprint density at radius 2 is 1.74 bits per heavy atom. The lowest BCUT2D eigenvalue weighted by molar-refractivity contribution is -0.121. The van der Waals surface area contributed by atoms with Crippen LogP contribution in [0.4, 0.5) is 5.00 Å². The second kappa shape index (κ2) is 7.92. The largest absolute Gasteiger partial charge is 0.365 e. The van der Waals surface area contributed by atoms with Crippen LogP contribution in [-0.2, 0) is 4.79 Å². The van der Waals surface area contributed by atoms with Crippen LogP contribution < -0.4 is 11.1 Å². The van der Waals surface area contributed by atoms with Crippen molar-refractivity contribution in [2.75, 3.05) is 18.4 Å². The second-order valence-electron chi connectivity index (χ2n) is 6.77. The Labute approximate surface area is 162 Å². The van der Waals surface area contributed by atoms with E-state index in [4.69, 9.17) is 5.73 Å². The van der Waals surface area contributed by atoms with E-state index in [0.717, 1.165) is 10.4 Å². The molecule has 1 aliphatic rings. The minimum absolute atomic E-state index is 0.00465. The number of rotatable bonds is 4. The van der Waals surface area contributed by atoms with E-state index < -0.39 is 5.91 Å². The summed E-state index contributed by atoms with van der Waals surface area (Å²) in [7, 11) is 0. The van der Waals surface area contributed by atoms with Gasteiger partial charge in [0.25, 0.3) is 11.8 Å². The Morgan fingerprint density at radius 3 is 2.33 bits per heavy atom. The number of hydrogen-bond donors (Lipinski definition) is 2. The summed E-state index contributed by atoms with van der Waals surface area (Å²) in [4.78, 5) is 39.6. The molecular weight excluding hydrogens is 362 g/mol. The first-order chi connectivity index (χ1) is 12.9. The van der Waals surface area contributed by atoms with E-state index in [-0.39, 0.29) is 17.7 Å². The first-order valence-electron chi connectivity index (χ1n) is 8.93. The number of nitrogens with zero attached hydrogens (tertiary/aromatic N) is 1. The summed E-state index contributed by atoms with van der Waals surface area (Å²) in [5, 5.41) is 3.39. The minimum Gasteiger partial charge on any atom is -0.365 e. The van der Waals surface area contributed by atoms with Gasteiger partial charge in [0.15, 0.2) is 0 Å². The molecule has 3 N–H and O–H groups in total. The van der Waals surface area contributed by atoms with Crippen molar-refractivity contribution in [3.05, 3.63) is 51.9 Å². The summed E-state index contributed by atoms with van der Waals surface area (Å²) >= 11 is 1.37. The molecule has 1 aromatic heterocycles. The Hall–Kier alpha value is -2.67. The van der Waals surface area contributed by atoms with Gasteiger partial charge in [-0.1, -0.05) is 18.2 Å². The van der Waals surface area contributed by atoms with Gasteiger partial charge in [-0.25, -0.2) is 0 Å². The number of aryl methyl sites for hydroxylation is 1. The molecular formula is C20H23N3O3S. The number of benzene rings is 1. The quantitative estimate of drug-likeness (QED) is 0.847. The summed E-state index contributed by atoms with van der Waals surface area (Å²) in [5.74, 6) is -0.843. The average molecular weight is 385 g/mol. The standard InChI is InChI=1S/C20H23N3O3S/c1-12-13(2)27-19(16(12)17(21)24)22-18(25)14-8-10-23(11-9-14)20(26)15-6-4-3-5-7-15/h3-7,14H,8-11H2,1-2H3,(H2,21,24)(H,22,25). The maximum atomic E-state index is 12.6. The molecule has 7 heteroatoms. The van der Waals surface area contributed by atoms with Crippen molar-refractivity contribution in [2.24, 2.45) is 11.7 Å². The van der Waals surface area contributed by atoms with Crippen molar-refractivity contribution in [3.8, 4) is 0 Å². The normalized spacial score (nSPS) is 14.8. The van der Waals surface area contributed by atoms with Crippen molar-refractivity contribution in [3.63, 3.8) is 0 Å². The van der Waals surface area contributed by atoms with Crippen LogP contribution in [0.2, 0.25) is 0 Å². The van der Waals surface area contributed by atoms with E-state index >= 15 is 0 Å². The molecule has 0 radical (unpaired) electrons. The fourth-order valence-electron chi connectivity index (χ4n) is 3.33. The Balaban J connectivity index is 1.62. The van der Waals surface area contributed by atoms with Crippen LogP contribution in [0.1, 0.15) is 44.0 Å². The first kappa shape index (κ1) is 19.1. The van der Waals surface area contributed by atoms with Crippen LogP contribution in [0.5, 0.6) is 0 Å². The molecule has 2 aromatic rings. The SMILES string of the molecule is Cc1sc(NC(=O)C2CCN(C(=O)c3ccccc3)CC2)c(C(N)=O)c1C. The molecule has 0 bridgehead atoms. The molecule has 0 spiro atoms. The zero-order valence-electron chi connectivity index (χ0n) is 15.5. The molecule has 1 aromatic carbocycles. The zero-order valence-corrected chi connectivity index (χ0v) is 16.3. The lowest BCUT2D eigenvalue weighted by Gasteiger charge is -2.31. The van der Waals surface area contributed by atoms with E-state index in [2.05, 4.69) is 5.32 Å². The molecule has 3 rings (SSSR count). The lowest BCUT2D eigenvalue weighted by Crippen LogP contribution is -2.41. The molecule has 1 aliphatic heterocycles. The first-order valence-corrected chi connectivity index (χ1v) is 9.75. The minimum atomic E-state index is -0.532. The Kier molecular flexibility index (Phi) is 5.60. The van der Waals surface area contributed by atoms with Crippen molar-refractivity contribution in [2.45, 2.75) is 26.7 Å². The number of likely N-dealkylation sites (tertiary alicyclic amines) is 1. The van der Waals surface area contributed by atoms with E-state index in [1.165, 1.54) is 11.3 Å². The van der Waals surface area contributed by atoms with Gasteiger partial charge >= 0.3 is 0 Å². The van der Waals surface area contributed by atoms with Gasteiger partial charge in [0, 0.05) is 29.4 Å². The molecule has 1 fully saturated rings. The zero-order chi connectivity index (χ0) is 19.6. The van der Waals surface area contributed by atoms with Gasteiger partial charge in [0.1, 0.15) is 5.00 Å². The fraction of sp³-hybridized carbons (Fsp3) is 0.350. The van der Waals surface area contributed by atoms with Crippen molar-refractivity contribution < 1.29 is 14.4 Å². The molecule has 3 amide bonds. The van der Waals surface area contributed by atoms with Crippen molar-refractivity contribution in [1.82, 2.24) is 4.90 Å². The molecule has 0 atom stereocenters. The number of carbonyl (C=O) groups excluding carboxylic acids is 3. The number of primary amides is 1. The number of nitrogens with two attached hydrogens (primary N) is 1. The summed E-state index contributed by atoms with van der Waals surface area (Å²) < 4.78 is 0. The smallest absolute Gasteiger partial charge is 0.253 e. The number of thiophene rings is 1. The van der Waals surface area contributed by atoms with E-state index in [0.29, 0.717) is 42.1 Å². The molecule has 0 saturated carbocycles. The van der Waals surface area contributed by atoms with Gasteiger partial charge < -0.3 is 16.0 Å². The van der Waals surface area contributed by atoms with Crippen LogP contribution in [0.3, 0.4) is 0 Å². The highest BCUT2D eigenvalue weighted by atomic mass is 32.1. The van der Waals surface area contributed by atoms with E-state index in [9.17, 15) is 14.4 Å². The topological polar surface area (TPSA) is 92.5 Å². The number of hydrogen-bond acceptors (Lipinski definition) is 4. The van der Waals surface area contributed by atoms with E-state index in [1.54, 1.807) is 17.0 Å². The highest BCUT2D eigenvalue weighted by Crippen LogP contribution is 2.33. The Bertz CT molecular complexity index is 868. The van der Waals surface area contributed by atoms with Gasteiger partial charge in [0.05, 0.1) is 5.56 Å². The number of nitrogens with one attached hydrogen (secondary N) is 1. The third-order valence-corrected chi connectivity index (χ3v) is 6.16. The maximum absolute atomic E-state index is 12.6. The summed E-state index contributed by atoms with van der Waals surface area (Å²) in [6, 6.07) is 9.16. The molecule has 142 valence electrons. The highest BCUT2D eigenvalue weighted by Gasteiger charge is 2.29. The summed E-state index contributed by atoms with van der Waals surface area (Å²) in [5.41, 5.74) is 7.33. The molecule has 0 unspecified atom stereocenters. The lowest BCUT2D eigenvalue weighted by atomic mass is 9.95. The Morgan fingerprint density at radius 1 is 1.11 bits per heavy atom. The number of anilines is 1. The average Bonchev–Trinajstić information content (AvgIpc) is 2.95. The van der Waals surface area contributed by atoms with E-state index in [1.807, 2.05) is 32.0 Å². The predicted molar refractivity (Wildman–Crippen MR) is 106 cm³/mol. The van der Waals surface area contributed by atoms with Crippen LogP contribution in [0, 0.1) is 19.8 Å². The molecule has 0 aliphatic carbocycles. The highest BCUT2D eigenvalue weighted by molar-refractivity contribution is 7.16. The maximum Gasteiger partial charge on any atom is 0.253 e. The number of amides is 3. The molecule has 27 heavy (non-hydrogen) atoms. The van der Waals surface area contributed by atoms with Gasteiger partial charge in [-0.2, -0.15) is 0 Å². The number of carbonyl (C=O) groups is 3. The van der Waals surface area contributed by atoms with Crippen LogP contribution in [-0.4, -0.2) is 35.7 Å². The third kappa shape index (κ3) is 4.03. The van der Waals surface area contributed by atoms with Crippen molar-refractivity contribution >= 4 is 34.1 Å². The van der Waals surface area contributed by atoms with Gasteiger partial charge in [-0.15, -0.1) is 11.3 Å². The molecule has 6 nitrogen and oxygen atoms in total. The van der Waals surface area contributed by atoms with Crippen LogP contribution in [0.15, 0.2) is 30.3 Å². The third-order valence-electron chi connectivity index (χ3n) is 5.04. The van der Waals surface area contributed by atoms with Gasteiger partial charge in [-0.3, -0.25) is 14.4 Å². The van der Waals surface area contributed by atoms with Crippen LogP contribution >= 0.6 is 11.3 Å². The number of piperidine rings is 1. The van der Waals surface area contributed by atoms with Crippen LogP contribution in [0.25, 0.3) is 0 Å². The molecule has 2 heterocycles.